The van der Waals surface area contributed by atoms with Gasteiger partial charge in [0, 0.05) is 34.1 Å². The Kier molecular flexibility index (Phi) is 6.35. The summed E-state index contributed by atoms with van der Waals surface area (Å²) in [5.41, 5.74) is 3.93. The fourth-order valence-electron chi connectivity index (χ4n) is 2.90. The molecule has 158 valence electrons. The van der Waals surface area contributed by atoms with Gasteiger partial charge in [0.1, 0.15) is 10.8 Å². The summed E-state index contributed by atoms with van der Waals surface area (Å²) in [7, 11) is -3.34. The number of nitrogens with zero attached hydrogens (tertiary/aromatic N) is 2. The van der Waals surface area contributed by atoms with E-state index < -0.39 is 10.0 Å². The van der Waals surface area contributed by atoms with Crippen LogP contribution in [-0.2, 0) is 15.8 Å². The van der Waals surface area contributed by atoms with Crippen molar-refractivity contribution >= 4 is 38.8 Å². The lowest BCUT2D eigenvalue weighted by Crippen LogP contribution is -2.09. The Bertz CT molecular complexity index is 1320. The highest BCUT2D eigenvalue weighted by Crippen LogP contribution is 2.32. The van der Waals surface area contributed by atoms with E-state index >= 15 is 0 Å². The monoisotopic (exact) mass is 471 g/mol. The third kappa shape index (κ3) is 5.90. The number of nitrogens with one attached hydrogen (secondary N) is 1. The predicted molar refractivity (Wildman–Crippen MR) is 125 cm³/mol. The number of anilines is 1. The average molecular weight is 472 g/mol. The molecule has 4 rings (SSSR count). The number of hydrogen-bond acceptors (Lipinski definition) is 6. The molecule has 0 radical (unpaired) electrons. The molecule has 0 unspecified atom stereocenters. The molecule has 0 spiro atoms. The minimum Gasteiger partial charge on any atom is -0.284 e. The van der Waals surface area contributed by atoms with E-state index in [1.165, 1.54) is 35.2 Å². The fourth-order valence-corrected chi connectivity index (χ4v) is 5.12. The van der Waals surface area contributed by atoms with Gasteiger partial charge >= 0.3 is 0 Å². The van der Waals surface area contributed by atoms with Gasteiger partial charge in [0.05, 0.1) is 17.0 Å². The maximum absolute atomic E-state index is 13.4. The number of halogens is 1. The van der Waals surface area contributed by atoms with Crippen molar-refractivity contribution < 1.29 is 12.8 Å². The molecular formula is C22H18FN3O2S3. The van der Waals surface area contributed by atoms with E-state index in [-0.39, 0.29) is 5.82 Å². The summed E-state index contributed by atoms with van der Waals surface area (Å²) in [4.78, 5) is 9.11. The minimum absolute atomic E-state index is 0.245. The lowest BCUT2D eigenvalue weighted by molar-refractivity contribution is 0.607. The Morgan fingerprint density at radius 3 is 2.71 bits per heavy atom. The van der Waals surface area contributed by atoms with Crippen LogP contribution in [0.3, 0.4) is 0 Å². The van der Waals surface area contributed by atoms with E-state index in [0.29, 0.717) is 11.4 Å². The molecule has 0 saturated carbocycles. The molecule has 4 aromatic rings. The summed E-state index contributed by atoms with van der Waals surface area (Å²) in [5, 5.41) is 3.61. The Morgan fingerprint density at radius 2 is 1.90 bits per heavy atom. The third-order valence-corrected chi connectivity index (χ3v) is 6.72. The van der Waals surface area contributed by atoms with Gasteiger partial charge in [-0.2, -0.15) is 0 Å². The highest BCUT2D eigenvalue weighted by Gasteiger charge is 2.10. The van der Waals surface area contributed by atoms with Gasteiger partial charge in [-0.3, -0.25) is 4.72 Å². The number of benzene rings is 2. The van der Waals surface area contributed by atoms with Gasteiger partial charge in [0.2, 0.25) is 10.0 Å². The Labute approximate surface area is 188 Å². The zero-order valence-corrected chi connectivity index (χ0v) is 18.9. The number of thiazole rings is 1. The lowest BCUT2D eigenvalue weighted by Gasteiger charge is -2.05. The Hall–Kier alpha value is -2.75. The molecule has 2 aromatic carbocycles. The van der Waals surface area contributed by atoms with Crippen molar-refractivity contribution in [1.82, 2.24) is 9.97 Å². The van der Waals surface area contributed by atoms with Crippen LogP contribution in [0.25, 0.3) is 21.8 Å². The Balaban J connectivity index is 1.52. The summed E-state index contributed by atoms with van der Waals surface area (Å²) in [6, 6.07) is 17.5. The highest BCUT2D eigenvalue weighted by molar-refractivity contribution is 7.98. The number of aromatic nitrogens is 2. The molecule has 0 aliphatic carbocycles. The first-order valence-electron chi connectivity index (χ1n) is 9.23. The van der Waals surface area contributed by atoms with Gasteiger partial charge in [-0.25, -0.2) is 22.8 Å². The first kappa shape index (κ1) is 21.5. The summed E-state index contributed by atoms with van der Waals surface area (Å²) in [6.45, 7) is 0. The molecule has 2 heterocycles. The van der Waals surface area contributed by atoms with Gasteiger partial charge in [0.15, 0.2) is 0 Å². The molecule has 0 amide bonds. The SMILES string of the molecule is CS(=O)(=O)Nc1cccc(-c2csc(-c3ccnc(SCc4cccc(F)c4)c3)n2)c1. The standard InChI is InChI=1S/C22H18FN3O2S3/c1-31(27,28)26-19-7-3-5-16(11-19)20-14-30-22(25-20)17-8-9-24-21(12-17)29-13-15-4-2-6-18(23)10-15/h2-12,14,26H,13H2,1H3. The molecule has 31 heavy (non-hydrogen) atoms. The van der Waals surface area contributed by atoms with Crippen LogP contribution in [0, 0.1) is 5.82 Å². The molecule has 2 aromatic heterocycles. The van der Waals surface area contributed by atoms with Gasteiger partial charge < -0.3 is 0 Å². The van der Waals surface area contributed by atoms with Crippen molar-refractivity contribution in [2.24, 2.45) is 0 Å². The van der Waals surface area contributed by atoms with E-state index in [4.69, 9.17) is 4.98 Å². The van der Waals surface area contributed by atoms with Crippen molar-refractivity contribution in [2.45, 2.75) is 10.8 Å². The molecule has 0 bridgehead atoms. The topological polar surface area (TPSA) is 72.0 Å². The molecule has 0 aliphatic rings. The van der Waals surface area contributed by atoms with E-state index in [1.807, 2.05) is 29.6 Å². The normalized spacial score (nSPS) is 11.4. The maximum atomic E-state index is 13.4. The van der Waals surface area contributed by atoms with Crippen LogP contribution < -0.4 is 4.72 Å². The summed E-state index contributed by atoms with van der Waals surface area (Å²) in [6.07, 6.45) is 2.86. The second-order valence-corrected chi connectivity index (χ2v) is 10.4. The highest BCUT2D eigenvalue weighted by atomic mass is 32.2. The molecular weight excluding hydrogens is 453 g/mol. The van der Waals surface area contributed by atoms with Crippen LogP contribution in [-0.4, -0.2) is 24.6 Å². The zero-order valence-electron chi connectivity index (χ0n) is 16.4. The summed E-state index contributed by atoms with van der Waals surface area (Å²) >= 11 is 3.04. The number of hydrogen-bond donors (Lipinski definition) is 1. The molecule has 9 heteroatoms. The number of sulfonamides is 1. The van der Waals surface area contributed by atoms with Crippen LogP contribution in [0.1, 0.15) is 5.56 Å². The molecule has 0 saturated heterocycles. The van der Waals surface area contributed by atoms with Gasteiger partial charge in [-0.1, -0.05) is 24.3 Å². The van der Waals surface area contributed by atoms with Gasteiger partial charge in [-0.05, 0) is 42.0 Å². The summed E-state index contributed by atoms with van der Waals surface area (Å²) < 4.78 is 38.8. The first-order chi connectivity index (χ1) is 14.9. The zero-order chi connectivity index (χ0) is 21.8. The predicted octanol–water partition coefficient (Wildman–Crippen LogP) is 5.68. The Morgan fingerprint density at radius 1 is 1.06 bits per heavy atom. The van der Waals surface area contributed by atoms with Gasteiger partial charge in [-0.15, -0.1) is 23.1 Å². The van der Waals surface area contributed by atoms with Crippen molar-refractivity contribution in [1.29, 1.82) is 0 Å². The maximum Gasteiger partial charge on any atom is 0.229 e. The average Bonchev–Trinajstić information content (AvgIpc) is 3.22. The number of pyridine rings is 1. The number of rotatable bonds is 7. The van der Waals surface area contributed by atoms with Crippen LogP contribution in [0.2, 0.25) is 0 Å². The largest absolute Gasteiger partial charge is 0.284 e. The van der Waals surface area contributed by atoms with Gasteiger partial charge in [0.25, 0.3) is 0 Å². The third-order valence-electron chi connectivity index (χ3n) is 4.22. The fraction of sp³-hybridized carbons (Fsp3) is 0.0909. The van der Waals surface area contributed by atoms with E-state index in [1.54, 1.807) is 30.5 Å². The second kappa shape index (κ2) is 9.17. The van der Waals surface area contributed by atoms with Crippen molar-refractivity contribution in [3.63, 3.8) is 0 Å². The molecule has 0 aliphatic heterocycles. The lowest BCUT2D eigenvalue weighted by atomic mass is 10.1. The molecule has 1 N–H and O–H groups in total. The van der Waals surface area contributed by atoms with Crippen LogP contribution in [0.5, 0.6) is 0 Å². The van der Waals surface area contributed by atoms with E-state index in [2.05, 4.69) is 9.71 Å². The minimum atomic E-state index is -3.34. The first-order valence-corrected chi connectivity index (χ1v) is 13.0. The van der Waals surface area contributed by atoms with Crippen LogP contribution in [0.4, 0.5) is 10.1 Å². The van der Waals surface area contributed by atoms with Crippen LogP contribution in [0.15, 0.2) is 77.3 Å². The van der Waals surface area contributed by atoms with Crippen molar-refractivity contribution in [2.75, 3.05) is 11.0 Å². The molecule has 5 nitrogen and oxygen atoms in total. The smallest absolute Gasteiger partial charge is 0.229 e. The molecule has 0 fully saturated rings. The van der Waals surface area contributed by atoms with E-state index in [9.17, 15) is 12.8 Å². The summed E-state index contributed by atoms with van der Waals surface area (Å²) in [5.74, 6) is 0.378. The quantitative estimate of drug-likeness (QED) is 0.351. The molecule has 0 atom stereocenters. The van der Waals surface area contributed by atoms with Crippen LogP contribution >= 0.6 is 23.1 Å². The second-order valence-electron chi connectivity index (χ2n) is 6.79. The van der Waals surface area contributed by atoms with Crippen molar-refractivity contribution in [3.8, 4) is 21.8 Å². The number of thioether (sulfide) groups is 1. The van der Waals surface area contributed by atoms with E-state index in [0.717, 1.165) is 38.7 Å². The van der Waals surface area contributed by atoms with Crippen molar-refractivity contribution in [3.05, 3.63) is 83.6 Å².